The van der Waals surface area contributed by atoms with Gasteiger partial charge in [-0.25, -0.2) is 0 Å². The van der Waals surface area contributed by atoms with Crippen LogP contribution in [-0.4, -0.2) is 30.2 Å². The molecule has 6 heteroatoms. The smallest absolute Gasteiger partial charge is 0.205 e. The van der Waals surface area contributed by atoms with Crippen molar-refractivity contribution in [3.63, 3.8) is 0 Å². The van der Waals surface area contributed by atoms with E-state index in [1.165, 1.54) is 38.7 Å². The fourth-order valence-electron chi connectivity index (χ4n) is 2.60. The summed E-state index contributed by atoms with van der Waals surface area (Å²) in [6.45, 7) is 0. The van der Waals surface area contributed by atoms with Gasteiger partial charge in [0.25, 0.3) is 0 Å². The molecule has 0 unspecified atom stereocenters. The van der Waals surface area contributed by atoms with Gasteiger partial charge in [0.05, 0.1) is 25.9 Å². The van der Waals surface area contributed by atoms with Crippen molar-refractivity contribution in [2.24, 2.45) is 0 Å². The summed E-state index contributed by atoms with van der Waals surface area (Å²) in [4.78, 5) is 12.7. The number of carbonyl (C=O) groups is 1. The van der Waals surface area contributed by atoms with Crippen LogP contribution in [0.2, 0.25) is 0 Å². The molecule has 0 radical (unpaired) electrons. The Morgan fingerprint density at radius 2 is 1.72 bits per heavy atom. The van der Waals surface area contributed by atoms with Crippen LogP contribution in [0, 0.1) is 0 Å². The van der Waals surface area contributed by atoms with Crippen molar-refractivity contribution < 1.29 is 28.9 Å². The average Bonchev–Trinajstić information content (AvgIpc) is 3.09. The Labute approximate surface area is 143 Å². The Morgan fingerprint density at radius 1 is 1.04 bits per heavy atom. The van der Waals surface area contributed by atoms with Crippen LogP contribution >= 0.6 is 0 Å². The topological polar surface area (TPSA) is 89.1 Å². The van der Waals surface area contributed by atoms with Gasteiger partial charge in [-0.3, -0.25) is 4.79 Å². The predicted molar refractivity (Wildman–Crippen MR) is 92.5 cm³/mol. The molecule has 3 rings (SSSR count). The zero-order chi connectivity index (χ0) is 18.0. The lowest BCUT2D eigenvalue weighted by Gasteiger charge is -2.13. The van der Waals surface area contributed by atoms with Crippen LogP contribution in [0.4, 0.5) is 0 Å². The lowest BCUT2D eigenvalue weighted by molar-refractivity contribution is 0.104. The molecule has 6 nitrogen and oxygen atoms in total. The highest BCUT2D eigenvalue weighted by Gasteiger charge is 2.26. The summed E-state index contributed by atoms with van der Waals surface area (Å²) in [6, 6.07) is 7.99. The Hall–Kier alpha value is -3.41. The van der Waals surface area contributed by atoms with Crippen molar-refractivity contribution in [2.45, 2.75) is 0 Å². The van der Waals surface area contributed by atoms with E-state index in [1.54, 1.807) is 24.3 Å². The number of hydrogen-bond acceptors (Lipinski definition) is 6. The highest BCUT2D eigenvalue weighted by atomic mass is 16.5. The van der Waals surface area contributed by atoms with Gasteiger partial charge in [0.2, 0.25) is 5.75 Å². The van der Waals surface area contributed by atoms with E-state index in [1.807, 2.05) is 0 Å². The number of methoxy groups -OCH3 is 2. The Morgan fingerprint density at radius 3 is 2.36 bits per heavy atom. The van der Waals surface area contributed by atoms with E-state index < -0.39 is 5.78 Å². The Balaban J connectivity index is 2.09. The van der Waals surface area contributed by atoms with Gasteiger partial charge < -0.3 is 24.1 Å². The number of hydrogen-bond donors (Lipinski definition) is 2. The number of ketones is 1. The van der Waals surface area contributed by atoms with Gasteiger partial charge in [-0.2, -0.15) is 0 Å². The van der Waals surface area contributed by atoms with Crippen LogP contribution in [0.3, 0.4) is 0 Å². The van der Waals surface area contributed by atoms with Crippen molar-refractivity contribution >= 4 is 22.8 Å². The fourth-order valence-corrected chi connectivity index (χ4v) is 2.60. The number of carbonyl (C=O) groups excluding carboxylic acids is 1. The highest BCUT2D eigenvalue weighted by Crippen LogP contribution is 2.45. The molecule has 25 heavy (non-hydrogen) atoms. The third-order valence-corrected chi connectivity index (χ3v) is 3.77. The lowest BCUT2D eigenvalue weighted by atomic mass is 10.0. The maximum Gasteiger partial charge on any atom is 0.205 e. The SMILES string of the molecule is COc1c(C(=O)C=Cc2ccc(O)cc2)c(O)c(OC)c2occc12. The van der Waals surface area contributed by atoms with Gasteiger partial charge in [0, 0.05) is 0 Å². The van der Waals surface area contributed by atoms with Crippen molar-refractivity contribution in [1.29, 1.82) is 0 Å². The highest BCUT2D eigenvalue weighted by molar-refractivity contribution is 6.15. The minimum Gasteiger partial charge on any atom is -0.508 e. The molecule has 128 valence electrons. The van der Waals surface area contributed by atoms with E-state index in [0.717, 1.165) is 5.56 Å². The molecule has 0 aliphatic rings. The zero-order valence-electron chi connectivity index (χ0n) is 13.6. The summed E-state index contributed by atoms with van der Waals surface area (Å²) in [5.74, 6) is -0.381. The van der Waals surface area contributed by atoms with Gasteiger partial charge in [-0.05, 0) is 29.8 Å². The predicted octanol–water partition coefficient (Wildman–Crippen LogP) is 3.76. The molecule has 0 aliphatic heterocycles. The molecule has 0 fully saturated rings. The molecular formula is C19H16O6. The number of benzene rings is 2. The van der Waals surface area contributed by atoms with Crippen molar-refractivity contribution in [3.8, 4) is 23.0 Å². The van der Waals surface area contributed by atoms with Crippen LogP contribution in [0.5, 0.6) is 23.0 Å². The number of phenolic OH excluding ortho intramolecular Hbond substituents is 2. The van der Waals surface area contributed by atoms with E-state index in [4.69, 9.17) is 13.9 Å². The Kier molecular flexibility index (Phi) is 4.35. The standard InChI is InChI=1S/C19H16O6/c1-23-17-13-9-10-25-18(13)19(24-2)16(22)15(17)14(21)8-5-11-3-6-12(20)7-4-11/h3-10,20,22H,1-2H3. The molecule has 0 aliphatic carbocycles. The first-order chi connectivity index (χ1) is 12.1. The maximum absolute atomic E-state index is 12.7. The second kappa shape index (κ2) is 6.60. The molecule has 0 saturated carbocycles. The molecular weight excluding hydrogens is 324 g/mol. The van der Waals surface area contributed by atoms with E-state index in [9.17, 15) is 15.0 Å². The van der Waals surface area contributed by atoms with Crippen LogP contribution in [0.15, 0.2) is 47.1 Å². The van der Waals surface area contributed by atoms with Crippen molar-refractivity contribution in [3.05, 3.63) is 53.8 Å². The molecule has 0 atom stereocenters. The molecule has 1 heterocycles. The zero-order valence-corrected chi connectivity index (χ0v) is 13.6. The van der Waals surface area contributed by atoms with E-state index in [-0.39, 0.29) is 28.6 Å². The molecule has 0 amide bonds. The second-order valence-electron chi connectivity index (χ2n) is 5.24. The first kappa shape index (κ1) is 16.4. The van der Waals surface area contributed by atoms with E-state index >= 15 is 0 Å². The number of phenols is 2. The van der Waals surface area contributed by atoms with Gasteiger partial charge in [0.1, 0.15) is 17.1 Å². The largest absolute Gasteiger partial charge is 0.508 e. The molecule has 1 aromatic heterocycles. The third kappa shape index (κ3) is 2.89. The molecule has 0 spiro atoms. The average molecular weight is 340 g/mol. The molecule has 2 aromatic carbocycles. The summed E-state index contributed by atoms with van der Waals surface area (Å²) < 4.78 is 15.8. The maximum atomic E-state index is 12.7. The summed E-state index contributed by atoms with van der Waals surface area (Å²) in [7, 11) is 2.79. The van der Waals surface area contributed by atoms with Crippen molar-refractivity contribution in [1.82, 2.24) is 0 Å². The number of allylic oxidation sites excluding steroid dienone is 1. The van der Waals surface area contributed by atoms with E-state index in [0.29, 0.717) is 11.0 Å². The van der Waals surface area contributed by atoms with Crippen LogP contribution < -0.4 is 9.47 Å². The quantitative estimate of drug-likeness (QED) is 0.543. The first-order valence-electron chi connectivity index (χ1n) is 7.42. The summed E-state index contributed by atoms with van der Waals surface area (Å²) in [6.07, 6.45) is 4.32. The van der Waals surface area contributed by atoms with Gasteiger partial charge in [0.15, 0.2) is 17.1 Å². The summed E-state index contributed by atoms with van der Waals surface area (Å²) in [5, 5.41) is 20.3. The molecule has 0 bridgehead atoms. The van der Waals surface area contributed by atoms with Gasteiger partial charge in [-0.1, -0.05) is 18.2 Å². The number of fused-ring (bicyclic) bond motifs is 1. The monoisotopic (exact) mass is 340 g/mol. The number of ether oxygens (including phenoxy) is 2. The van der Waals surface area contributed by atoms with Crippen molar-refractivity contribution in [2.75, 3.05) is 14.2 Å². The number of aromatic hydroxyl groups is 2. The second-order valence-corrected chi connectivity index (χ2v) is 5.24. The molecule has 0 saturated heterocycles. The number of furan rings is 1. The minimum atomic E-state index is -0.455. The normalized spacial score (nSPS) is 11.1. The molecule has 3 aromatic rings. The lowest BCUT2D eigenvalue weighted by Crippen LogP contribution is -2.02. The van der Waals surface area contributed by atoms with Gasteiger partial charge in [-0.15, -0.1) is 0 Å². The summed E-state index contributed by atoms with van der Waals surface area (Å²) >= 11 is 0. The summed E-state index contributed by atoms with van der Waals surface area (Å²) in [5.41, 5.74) is 1.01. The molecule has 2 N–H and O–H groups in total. The van der Waals surface area contributed by atoms with E-state index in [2.05, 4.69) is 0 Å². The van der Waals surface area contributed by atoms with Crippen LogP contribution in [-0.2, 0) is 0 Å². The Bertz CT molecular complexity index is 950. The van der Waals surface area contributed by atoms with Crippen LogP contribution in [0.25, 0.3) is 17.0 Å². The fraction of sp³-hybridized carbons (Fsp3) is 0.105. The third-order valence-electron chi connectivity index (χ3n) is 3.77. The van der Waals surface area contributed by atoms with Crippen LogP contribution in [0.1, 0.15) is 15.9 Å². The van der Waals surface area contributed by atoms with Gasteiger partial charge >= 0.3 is 0 Å². The number of rotatable bonds is 5. The first-order valence-corrected chi connectivity index (χ1v) is 7.42. The minimum absolute atomic E-state index is 0.0109.